The summed E-state index contributed by atoms with van der Waals surface area (Å²) in [6, 6.07) is 12.0. The zero-order valence-electron chi connectivity index (χ0n) is 15.3. The lowest BCUT2D eigenvalue weighted by Gasteiger charge is -2.16. The molecule has 27 heavy (non-hydrogen) atoms. The van der Waals surface area contributed by atoms with Crippen LogP contribution in [0.25, 0.3) is 11.4 Å². The van der Waals surface area contributed by atoms with Crippen molar-refractivity contribution in [3.63, 3.8) is 0 Å². The van der Waals surface area contributed by atoms with Crippen molar-refractivity contribution >= 4 is 11.6 Å². The van der Waals surface area contributed by atoms with E-state index < -0.39 is 0 Å². The molecule has 0 radical (unpaired) electrons. The average Bonchev–Trinajstić information content (AvgIpc) is 3.34. The Labute approximate surface area is 158 Å². The summed E-state index contributed by atoms with van der Waals surface area (Å²) in [6.45, 7) is 2.75. The predicted octanol–water partition coefficient (Wildman–Crippen LogP) is 3.99. The van der Waals surface area contributed by atoms with Crippen LogP contribution < -0.4 is 4.90 Å². The van der Waals surface area contributed by atoms with Gasteiger partial charge in [-0.1, -0.05) is 30.6 Å². The van der Waals surface area contributed by atoms with E-state index in [4.69, 9.17) is 4.52 Å². The van der Waals surface area contributed by atoms with Crippen molar-refractivity contribution in [2.24, 2.45) is 0 Å². The van der Waals surface area contributed by atoms with Gasteiger partial charge in [-0.15, -0.1) is 0 Å². The first-order valence-electron chi connectivity index (χ1n) is 9.38. The number of anilines is 1. The van der Waals surface area contributed by atoms with Gasteiger partial charge in [0.25, 0.3) is 0 Å². The van der Waals surface area contributed by atoms with Crippen molar-refractivity contribution in [1.82, 2.24) is 15.1 Å². The highest BCUT2D eigenvalue weighted by Crippen LogP contribution is 2.32. The second-order valence-electron chi connectivity index (χ2n) is 6.87. The molecule has 0 saturated carbocycles. The molecule has 2 aromatic heterocycles. The van der Waals surface area contributed by atoms with Crippen molar-refractivity contribution in [3.8, 4) is 11.4 Å². The molecular weight excluding hydrogens is 340 g/mol. The van der Waals surface area contributed by atoms with E-state index in [0.29, 0.717) is 24.7 Å². The summed E-state index contributed by atoms with van der Waals surface area (Å²) in [5.74, 6) is 1.01. The van der Waals surface area contributed by atoms with Gasteiger partial charge >= 0.3 is 0 Å². The maximum absolute atomic E-state index is 12.5. The van der Waals surface area contributed by atoms with Gasteiger partial charge < -0.3 is 9.42 Å². The largest absolute Gasteiger partial charge is 0.339 e. The monoisotopic (exact) mass is 362 g/mol. The molecule has 3 aromatic rings. The third-order valence-electron chi connectivity index (χ3n) is 4.90. The number of hydrogen-bond donors (Lipinski definition) is 0. The average molecular weight is 362 g/mol. The maximum atomic E-state index is 12.5. The van der Waals surface area contributed by atoms with Crippen LogP contribution >= 0.6 is 0 Å². The second kappa shape index (κ2) is 7.70. The van der Waals surface area contributed by atoms with Crippen LogP contribution in [0.5, 0.6) is 0 Å². The fraction of sp³-hybridized carbons (Fsp3) is 0.333. The molecule has 3 heterocycles. The fourth-order valence-corrected chi connectivity index (χ4v) is 3.36. The first-order chi connectivity index (χ1) is 13.2. The highest BCUT2D eigenvalue weighted by atomic mass is 16.5. The Bertz CT molecular complexity index is 905. The topological polar surface area (TPSA) is 72.1 Å². The lowest BCUT2D eigenvalue weighted by atomic mass is 10.1. The number of aryl methyl sites for hydroxylation is 1. The maximum Gasteiger partial charge on any atom is 0.232 e. The molecule has 0 aliphatic carbocycles. The standard InChI is InChI=1S/C21H22N4O2/c1-2-3-5-15-7-9-18(10-8-15)25-14-17(12-19(25)26)21-23-20(24-27-21)16-6-4-11-22-13-16/h4,6-11,13,17H,2-3,5,12,14H2,1H3. The minimum absolute atomic E-state index is 0.0856. The van der Waals surface area contributed by atoms with Crippen molar-refractivity contribution in [3.05, 3.63) is 60.2 Å². The number of carbonyl (C=O) groups is 1. The number of amides is 1. The molecule has 1 unspecified atom stereocenters. The number of carbonyl (C=O) groups excluding carboxylic acids is 1. The van der Waals surface area contributed by atoms with Gasteiger partial charge in [-0.3, -0.25) is 9.78 Å². The zero-order valence-corrected chi connectivity index (χ0v) is 15.3. The molecule has 0 bridgehead atoms. The van der Waals surface area contributed by atoms with E-state index in [1.54, 1.807) is 12.4 Å². The lowest BCUT2D eigenvalue weighted by Crippen LogP contribution is -2.24. The Kier molecular flexibility index (Phi) is 4.96. The molecule has 1 fully saturated rings. The van der Waals surface area contributed by atoms with Crippen molar-refractivity contribution in [1.29, 1.82) is 0 Å². The summed E-state index contributed by atoms with van der Waals surface area (Å²) in [6.07, 6.45) is 7.21. The van der Waals surface area contributed by atoms with Gasteiger partial charge in [-0.2, -0.15) is 4.98 Å². The molecule has 6 nitrogen and oxygen atoms in total. The SMILES string of the molecule is CCCCc1ccc(N2CC(c3nc(-c4cccnc4)no3)CC2=O)cc1. The number of aromatic nitrogens is 3. The molecule has 1 aliphatic rings. The van der Waals surface area contributed by atoms with Crippen LogP contribution in [0.4, 0.5) is 5.69 Å². The summed E-state index contributed by atoms with van der Waals surface area (Å²) >= 11 is 0. The quantitative estimate of drug-likeness (QED) is 0.663. The summed E-state index contributed by atoms with van der Waals surface area (Å²) in [7, 11) is 0. The first-order valence-corrected chi connectivity index (χ1v) is 9.38. The number of hydrogen-bond acceptors (Lipinski definition) is 5. The smallest absolute Gasteiger partial charge is 0.232 e. The minimum atomic E-state index is -0.0878. The van der Waals surface area contributed by atoms with Crippen molar-refractivity contribution < 1.29 is 9.32 Å². The van der Waals surface area contributed by atoms with Gasteiger partial charge in [-0.05, 0) is 42.7 Å². The van der Waals surface area contributed by atoms with Gasteiger partial charge in [0.1, 0.15) is 0 Å². The van der Waals surface area contributed by atoms with E-state index in [2.05, 4.69) is 34.2 Å². The molecule has 0 N–H and O–H groups in total. The van der Waals surface area contributed by atoms with Gasteiger partial charge in [-0.25, -0.2) is 0 Å². The summed E-state index contributed by atoms with van der Waals surface area (Å²) < 4.78 is 5.43. The molecule has 1 aromatic carbocycles. The Balaban J connectivity index is 1.47. The number of benzene rings is 1. The van der Waals surface area contributed by atoms with Crippen LogP contribution in [0.1, 0.15) is 43.6 Å². The van der Waals surface area contributed by atoms with Gasteiger partial charge in [0.15, 0.2) is 0 Å². The predicted molar refractivity (Wildman–Crippen MR) is 102 cm³/mol. The number of rotatable bonds is 6. The van der Waals surface area contributed by atoms with Crippen LogP contribution in [0.3, 0.4) is 0 Å². The fourth-order valence-electron chi connectivity index (χ4n) is 3.36. The van der Waals surface area contributed by atoms with E-state index in [0.717, 1.165) is 17.7 Å². The van der Waals surface area contributed by atoms with Gasteiger partial charge in [0.2, 0.25) is 17.6 Å². The van der Waals surface area contributed by atoms with Crippen LogP contribution in [-0.2, 0) is 11.2 Å². The molecule has 1 aliphatic heterocycles. The summed E-state index contributed by atoms with van der Waals surface area (Å²) in [4.78, 5) is 22.9. The van der Waals surface area contributed by atoms with E-state index >= 15 is 0 Å². The molecule has 1 saturated heterocycles. The molecule has 1 atom stereocenters. The van der Waals surface area contributed by atoms with Crippen molar-refractivity contribution in [2.75, 3.05) is 11.4 Å². The van der Waals surface area contributed by atoms with Gasteiger partial charge in [0.05, 0.1) is 5.92 Å². The highest BCUT2D eigenvalue weighted by Gasteiger charge is 2.35. The van der Waals surface area contributed by atoms with Gasteiger partial charge in [0, 0.05) is 36.6 Å². The van der Waals surface area contributed by atoms with Crippen LogP contribution in [0, 0.1) is 0 Å². The van der Waals surface area contributed by atoms with E-state index in [9.17, 15) is 4.79 Å². The number of unbranched alkanes of at least 4 members (excludes halogenated alkanes) is 1. The highest BCUT2D eigenvalue weighted by molar-refractivity contribution is 5.96. The molecular formula is C21H22N4O2. The van der Waals surface area contributed by atoms with Crippen LogP contribution in [-0.4, -0.2) is 27.6 Å². The Morgan fingerprint density at radius 3 is 2.81 bits per heavy atom. The van der Waals surface area contributed by atoms with Crippen molar-refractivity contribution in [2.45, 2.75) is 38.5 Å². The van der Waals surface area contributed by atoms with E-state index in [-0.39, 0.29) is 11.8 Å². The second-order valence-corrected chi connectivity index (χ2v) is 6.87. The Morgan fingerprint density at radius 1 is 1.22 bits per heavy atom. The normalized spacial score (nSPS) is 16.9. The zero-order chi connectivity index (χ0) is 18.6. The lowest BCUT2D eigenvalue weighted by molar-refractivity contribution is -0.117. The van der Waals surface area contributed by atoms with Crippen LogP contribution in [0.2, 0.25) is 0 Å². The Morgan fingerprint density at radius 2 is 2.07 bits per heavy atom. The summed E-state index contributed by atoms with van der Waals surface area (Å²) in [5, 5.41) is 4.04. The molecule has 1 amide bonds. The molecule has 6 heteroatoms. The molecule has 4 rings (SSSR count). The minimum Gasteiger partial charge on any atom is -0.339 e. The number of nitrogens with zero attached hydrogens (tertiary/aromatic N) is 4. The first kappa shape index (κ1) is 17.4. The molecule has 0 spiro atoms. The Hall–Kier alpha value is -3.02. The molecule has 138 valence electrons. The third-order valence-corrected chi connectivity index (χ3v) is 4.90. The van der Waals surface area contributed by atoms with E-state index in [1.165, 1.54) is 18.4 Å². The van der Waals surface area contributed by atoms with E-state index in [1.807, 2.05) is 29.2 Å². The summed E-state index contributed by atoms with van der Waals surface area (Å²) in [5.41, 5.74) is 3.04. The van der Waals surface area contributed by atoms with Crippen LogP contribution in [0.15, 0.2) is 53.3 Å². The number of pyridine rings is 1. The third kappa shape index (κ3) is 3.74.